The molecule has 1 aromatic carbocycles. The van der Waals surface area contributed by atoms with Crippen LogP contribution in [0.1, 0.15) is 22.5 Å². The largest absolute Gasteiger partial charge is 0.339 e. The highest BCUT2D eigenvalue weighted by atomic mass is 19.3. The van der Waals surface area contributed by atoms with Crippen LogP contribution in [-0.2, 0) is 7.05 Å². The van der Waals surface area contributed by atoms with Crippen molar-refractivity contribution in [2.24, 2.45) is 7.05 Å². The molecule has 1 saturated heterocycles. The summed E-state index contributed by atoms with van der Waals surface area (Å²) >= 11 is 0. The highest BCUT2D eigenvalue weighted by Crippen LogP contribution is 2.24. The zero-order valence-electron chi connectivity index (χ0n) is 16.6. The maximum Gasteiger partial charge on any atom is 0.289 e. The smallest absolute Gasteiger partial charge is 0.289 e. The summed E-state index contributed by atoms with van der Waals surface area (Å²) in [4.78, 5) is 34.7. The maximum absolute atomic E-state index is 14.3. The van der Waals surface area contributed by atoms with Crippen LogP contribution in [0.25, 0.3) is 11.3 Å². The van der Waals surface area contributed by atoms with Crippen LogP contribution < -0.4 is 10.5 Å². The number of aromatic amines is 1. The number of alkyl halides is 2. The lowest BCUT2D eigenvalue weighted by molar-refractivity contribution is 0.0733. The first-order valence-electron chi connectivity index (χ1n) is 9.56. The summed E-state index contributed by atoms with van der Waals surface area (Å²) < 4.78 is 41.9. The molecule has 0 spiro atoms. The molecule has 11 heteroatoms. The van der Waals surface area contributed by atoms with Gasteiger partial charge in [0.15, 0.2) is 0 Å². The van der Waals surface area contributed by atoms with Crippen molar-refractivity contribution in [1.29, 1.82) is 0 Å². The van der Waals surface area contributed by atoms with Gasteiger partial charge in [0.1, 0.15) is 11.4 Å². The molecule has 3 heterocycles. The maximum atomic E-state index is 14.3. The molecular weight excluding hydrogens is 413 g/mol. The third-order valence-electron chi connectivity index (χ3n) is 5.06. The van der Waals surface area contributed by atoms with E-state index < -0.39 is 29.4 Å². The summed E-state index contributed by atoms with van der Waals surface area (Å²) in [6, 6.07) is 8.51. The van der Waals surface area contributed by atoms with Crippen LogP contribution in [-0.4, -0.2) is 56.7 Å². The predicted octanol–water partition coefficient (Wildman–Crippen LogP) is 2.21. The van der Waals surface area contributed by atoms with Crippen molar-refractivity contribution in [2.75, 3.05) is 31.1 Å². The normalized spacial score (nSPS) is 14.4. The van der Waals surface area contributed by atoms with Gasteiger partial charge in [-0.05, 0) is 0 Å². The minimum atomic E-state index is -2.86. The zero-order chi connectivity index (χ0) is 22.1. The van der Waals surface area contributed by atoms with Crippen molar-refractivity contribution in [3.63, 3.8) is 0 Å². The highest BCUT2D eigenvalue weighted by molar-refractivity contribution is 5.95. The van der Waals surface area contributed by atoms with E-state index in [9.17, 15) is 22.8 Å². The standard InChI is InChI=1S/C20H19F3N6O2/c1-27-11-13(16(26-27)17(22)23)19(31)28-7-9-29(10-8-28)20-24-15(14(21)18(30)25-20)12-5-3-2-4-6-12/h2-6,11,17H,7-10H2,1H3,(H,24,25,30). The SMILES string of the molecule is Cn1cc(C(=O)N2CCN(c3nc(-c4ccccc4)c(F)c(=O)[nH]3)CC2)c(C(F)F)n1. The lowest BCUT2D eigenvalue weighted by atomic mass is 10.1. The van der Waals surface area contributed by atoms with E-state index in [-0.39, 0.29) is 30.3 Å². The predicted molar refractivity (Wildman–Crippen MR) is 107 cm³/mol. The van der Waals surface area contributed by atoms with Gasteiger partial charge < -0.3 is 9.80 Å². The van der Waals surface area contributed by atoms with Crippen molar-refractivity contribution < 1.29 is 18.0 Å². The van der Waals surface area contributed by atoms with E-state index in [0.717, 1.165) is 0 Å². The monoisotopic (exact) mass is 432 g/mol. The van der Waals surface area contributed by atoms with Crippen LogP contribution >= 0.6 is 0 Å². The molecule has 1 fully saturated rings. The Kier molecular flexibility index (Phi) is 5.49. The fourth-order valence-electron chi connectivity index (χ4n) is 3.51. The van der Waals surface area contributed by atoms with Crippen LogP contribution in [0.15, 0.2) is 41.3 Å². The molecule has 1 aliphatic rings. The summed E-state index contributed by atoms with van der Waals surface area (Å²) in [6.45, 7) is 1.02. The van der Waals surface area contributed by atoms with Gasteiger partial charge >= 0.3 is 0 Å². The van der Waals surface area contributed by atoms with Crippen LogP contribution in [0.3, 0.4) is 0 Å². The number of hydrogen-bond donors (Lipinski definition) is 1. The van der Waals surface area contributed by atoms with Crippen LogP contribution in [0.5, 0.6) is 0 Å². The van der Waals surface area contributed by atoms with Crippen LogP contribution in [0, 0.1) is 5.82 Å². The number of aromatic nitrogens is 4. The second-order valence-corrected chi connectivity index (χ2v) is 7.10. The number of benzene rings is 1. The first-order valence-corrected chi connectivity index (χ1v) is 9.56. The molecule has 0 unspecified atom stereocenters. The Hall–Kier alpha value is -3.63. The number of anilines is 1. The number of halogens is 3. The first kappa shape index (κ1) is 20.6. The number of rotatable bonds is 4. The molecule has 31 heavy (non-hydrogen) atoms. The van der Waals surface area contributed by atoms with E-state index in [1.807, 2.05) is 0 Å². The Morgan fingerprint density at radius 2 is 1.81 bits per heavy atom. The van der Waals surface area contributed by atoms with Gasteiger partial charge in [-0.1, -0.05) is 30.3 Å². The lowest BCUT2D eigenvalue weighted by Gasteiger charge is -2.35. The molecule has 0 radical (unpaired) electrons. The molecule has 1 amide bonds. The molecule has 0 aliphatic carbocycles. The number of piperazine rings is 1. The molecule has 0 atom stereocenters. The fourth-order valence-corrected chi connectivity index (χ4v) is 3.51. The van der Waals surface area contributed by atoms with Crippen LogP contribution in [0.2, 0.25) is 0 Å². The van der Waals surface area contributed by atoms with Crippen LogP contribution in [0.4, 0.5) is 19.1 Å². The molecule has 3 aromatic rings. The number of nitrogens with one attached hydrogen (secondary N) is 1. The second kappa shape index (κ2) is 8.25. The number of H-pyrrole nitrogens is 1. The van der Waals surface area contributed by atoms with Crippen molar-refractivity contribution >= 4 is 11.9 Å². The molecule has 0 saturated carbocycles. The van der Waals surface area contributed by atoms with Gasteiger partial charge in [0.25, 0.3) is 17.9 Å². The Morgan fingerprint density at radius 1 is 1.13 bits per heavy atom. The van der Waals surface area contributed by atoms with Crippen molar-refractivity contribution in [3.8, 4) is 11.3 Å². The summed E-state index contributed by atoms with van der Waals surface area (Å²) in [5.41, 5.74) is -1.16. The molecule has 162 valence electrons. The number of amides is 1. The van der Waals surface area contributed by atoms with E-state index in [4.69, 9.17) is 0 Å². The fraction of sp³-hybridized carbons (Fsp3) is 0.300. The van der Waals surface area contributed by atoms with Gasteiger partial charge in [0.2, 0.25) is 11.8 Å². The third kappa shape index (κ3) is 4.03. The Labute approximate surface area is 174 Å². The number of carbonyl (C=O) groups excluding carboxylic acids is 1. The molecule has 1 N–H and O–H groups in total. The Morgan fingerprint density at radius 3 is 2.45 bits per heavy atom. The third-order valence-corrected chi connectivity index (χ3v) is 5.06. The topological polar surface area (TPSA) is 87.1 Å². The summed E-state index contributed by atoms with van der Waals surface area (Å²) in [5, 5.41) is 3.67. The number of nitrogens with zero attached hydrogens (tertiary/aromatic N) is 5. The average Bonchev–Trinajstić information content (AvgIpc) is 3.18. The lowest BCUT2D eigenvalue weighted by Crippen LogP contribution is -2.49. The highest BCUT2D eigenvalue weighted by Gasteiger charge is 2.29. The minimum absolute atomic E-state index is 0.0604. The Balaban J connectivity index is 1.53. The van der Waals surface area contributed by atoms with Gasteiger partial charge in [-0.2, -0.15) is 9.49 Å². The van der Waals surface area contributed by atoms with E-state index in [1.165, 1.54) is 22.8 Å². The number of aryl methyl sites for hydroxylation is 1. The number of hydrogen-bond acceptors (Lipinski definition) is 5. The average molecular weight is 432 g/mol. The van der Waals surface area contributed by atoms with E-state index in [0.29, 0.717) is 18.7 Å². The van der Waals surface area contributed by atoms with Crippen molar-refractivity contribution in [2.45, 2.75) is 6.43 Å². The van der Waals surface area contributed by atoms with Gasteiger partial charge in [0.05, 0.1) is 5.56 Å². The molecular formula is C20H19F3N6O2. The number of carbonyl (C=O) groups is 1. The van der Waals surface area contributed by atoms with Gasteiger partial charge in [-0.25, -0.2) is 13.8 Å². The molecule has 0 bridgehead atoms. The molecule has 1 aliphatic heterocycles. The molecule has 8 nitrogen and oxygen atoms in total. The summed E-state index contributed by atoms with van der Waals surface area (Å²) in [5.74, 6) is -1.32. The van der Waals surface area contributed by atoms with Gasteiger partial charge in [-0.15, -0.1) is 0 Å². The zero-order valence-corrected chi connectivity index (χ0v) is 16.6. The van der Waals surface area contributed by atoms with Gasteiger partial charge in [0, 0.05) is 45.0 Å². The van der Waals surface area contributed by atoms with E-state index in [2.05, 4.69) is 15.1 Å². The minimum Gasteiger partial charge on any atom is -0.339 e. The van der Waals surface area contributed by atoms with Gasteiger partial charge in [-0.3, -0.25) is 19.3 Å². The van der Waals surface area contributed by atoms with E-state index in [1.54, 1.807) is 35.2 Å². The first-order chi connectivity index (χ1) is 14.8. The van der Waals surface area contributed by atoms with E-state index >= 15 is 0 Å². The Bertz CT molecular complexity index is 1150. The van der Waals surface area contributed by atoms with Crippen molar-refractivity contribution in [1.82, 2.24) is 24.6 Å². The van der Waals surface area contributed by atoms with Crippen molar-refractivity contribution in [3.05, 3.63) is 64.0 Å². The second-order valence-electron chi connectivity index (χ2n) is 7.10. The summed E-state index contributed by atoms with van der Waals surface area (Å²) in [6.07, 6.45) is -1.58. The summed E-state index contributed by atoms with van der Waals surface area (Å²) in [7, 11) is 1.47. The quantitative estimate of drug-likeness (QED) is 0.683. The molecule has 2 aromatic heterocycles. The molecule has 4 rings (SSSR count).